The second-order valence-corrected chi connectivity index (χ2v) is 8.51. The normalized spacial score (nSPS) is 27.1. The van der Waals surface area contributed by atoms with Crippen molar-refractivity contribution in [3.8, 4) is 0 Å². The summed E-state index contributed by atoms with van der Waals surface area (Å²) in [5.74, 6) is 0.756. The van der Waals surface area contributed by atoms with Gasteiger partial charge in [0.05, 0.1) is 6.61 Å². The van der Waals surface area contributed by atoms with E-state index in [0.29, 0.717) is 5.41 Å². The monoisotopic (exact) mass is 296 g/mol. The Hall–Kier alpha value is -0.120. The van der Waals surface area contributed by atoms with E-state index in [4.69, 9.17) is 4.74 Å². The Morgan fingerprint density at radius 2 is 1.90 bits per heavy atom. The number of likely N-dealkylation sites (tertiary alicyclic amines) is 1. The molecule has 0 aromatic rings. The molecule has 0 aromatic carbocycles. The number of ether oxygens (including phenoxy) is 1. The van der Waals surface area contributed by atoms with Gasteiger partial charge < -0.3 is 15.0 Å². The molecule has 2 fully saturated rings. The first-order chi connectivity index (χ1) is 9.92. The average Bonchev–Trinajstić information content (AvgIpc) is 2.85. The molecular weight excluding hydrogens is 260 g/mol. The molecule has 0 spiro atoms. The molecule has 3 nitrogen and oxygen atoms in total. The van der Waals surface area contributed by atoms with E-state index in [1.807, 2.05) is 7.11 Å². The molecule has 0 amide bonds. The Morgan fingerprint density at radius 3 is 2.52 bits per heavy atom. The first-order valence-electron chi connectivity index (χ1n) is 8.89. The number of methoxy groups -OCH3 is 1. The molecule has 1 aliphatic heterocycles. The van der Waals surface area contributed by atoms with E-state index in [-0.39, 0.29) is 5.54 Å². The van der Waals surface area contributed by atoms with E-state index in [1.165, 1.54) is 64.7 Å². The van der Waals surface area contributed by atoms with Crippen LogP contribution in [0.25, 0.3) is 0 Å². The van der Waals surface area contributed by atoms with Crippen molar-refractivity contribution in [3.05, 3.63) is 0 Å². The van der Waals surface area contributed by atoms with Crippen LogP contribution in [0.5, 0.6) is 0 Å². The number of rotatable bonds is 6. The molecule has 1 saturated carbocycles. The van der Waals surface area contributed by atoms with Crippen LogP contribution in [-0.4, -0.2) is 50.3 Å². The van der Waals surface area contributed by atoms with Gasteiger partial charge in [0.2, 0.25) is 0 Å². The molecule has 1 saturated heterocycles. The van der Waals surface area contributed by atoms with E-state index in [0.717, 1.165) is 12.5 Å². The van der Waals surface area contributed by atoms with Crippen LogP contribution in [0.1, 0.15) is 59.3 Å². The fourth-order valence-corrected chi connectivity index (χ4v) is 4.05. The van der Waals surface area contributed by atoms with E-state index in [2.05, 4.69) is 31.0 Å². The first kappa shape index (κ1) is 17.2. The number of nitrogens with zero attached hydrogens (tertiary/aromatic N) is 1. The Morgan fingerprint density at radius 1 is 1.19 bits per heavy atom. The number of hydrogen-bond donors (Lipinski definition) is 1. The highest BCUT2D eigenvalue weighted by Crippen LogP contribution is 2.38. The van der Waals surface area contributed by atoms with Gasteiger partial charge in [0.25, 0.3) is 0 Å². The van der Waals surface area contributed by atoms with Crippen LogP contribution < -0.4 is 5.32 Å². The summed E-state index contributed by atoms with van der Waals surface area (Å²) in [5.41, 5.74) is 0.738. The van der Waals surface area contributed by atoms with Gasteiger partial charge in [0.15, 0.2) is 0 Å². The predicted molar refractivity (Wildman–Crippen MR) is 89.7 cm³/mol. The minimum atomic E-state index is 0.230. The lowest BCUT2D eigenvalue weighted by atomic mass is 9.73. The van der Waals surface area contributed by atoms with Crippen LogP contribution in [0.4, 0.5) is 0 Å². The molecule has 1 unspecified atom stereocenters. The van der Waals surface area contributed by atoms with Crippen molar-refractivity contribution in [3.63, 3.8) is 0 Å². The summed E-state index contributed by atoms with van der Waals surface area (Å²) < 4.78 is 5.34. The smallest absolute Gasteiger partial charge is 0.0503 e. The summed E-state index contributed by atoms with van der Waals surface area (Å²) in [4.78, 5) is 2.71. The van der Waals surface area contributed by atoms with Gasteiger partial charge in [-0.3, -0.25) is 0 Å². The standard InChI is InChI=1S/C18H36N2O/c1-17(2,3)19-14-18(9-6-5-7-10-18)15-20-11-8-16(12-20)13-21-4/h16,19H,5-15H2,1-4H3. The summed E-state index contributed by atoms with van der Waals surface area (Å²) >= 11 is 0. The van der Waals surface area contributed by atoms with Crippen molar-refractivity contribution in [1.29, 1.82) is 0 Å². The Balaban J connectivity index is 1.90. The molecule has 1 heterocycles. The maximum absolute atomic E-state index is 5.34. The van der Waals surface area contributed by atoms with E-state index in [1.54, 1.807) is 0 Å². The van der Waals surface area contributed by atoms with Crippen LogP contribution in [-0.2, 0) is 4.74 Å². The third-order valence-corrected chi connectivity index (χ3v) is 5.24. The molecule has 1 aliphatic carbocycles. The lowest BCUT2D eigenvalue weighted by Crippen LogP contribution is -2.49. The summed E-state index contributed by atoms with van der Waals surface area (Å²) in [6.45, 7) is 12.8. The fraction of sp³-hybridized carbons (Fsp3) is 1.00. The summed E-state index contributed by atoms with van der Waals surface area (Å²) in [6.07, 6.45) is 8.39. The van der Waals surface area contributed by atoms with Gasteiger partial charge in [-0.25, -0.2) is 0 Å². The zero-order valence-corrected chi connectivity index (χ0v) is 14.7. The number of hydrogen-bond acceptors (Lipinski definition) is 3. The highest BCUT2D eigenvalue weighted by molar-refractivity contribution is 4.91. The van der Waals surface area contributed by atoms with Gasteiger partial charge >= 0.3 is 0 Å². The Bertz CT molecular complexity index is 305. The van der Waals surface area contributed by atoms with Gasteiger partial charge in [0.1, 0.15) is 0 Å². The van der Waals surface area contributed by atoms with Crippen LogP contribution in [0, 0.1) is 11.3 Å². The minimum absolute atomic E-state index is 0.230. The summed E-state index contributed by atoms with van der Waals surface area (Å²) in [5, 5.41) is 3.79. The molecule has 3 heteroatoms. The van der Waals surface area contributed by atoms with Gasteiger partial charge in [-0.2, -0.15) is 0 Å². The Kier molecular flexibility index (Phi) is 6.10. The van der Waals surface area contributed by atoms with Crippen molar-refractivity contribution in [2.45, 2.75) is 64.8 Å². The second kappa shape index (κ2) is 7.43. The topological polar surface area (TPSA) is 24.5 Å². The quantitative estimate of drug-likeness (QED) is 0.814. The maximum Gasteiger partial charge on any atom is 0.0503 e. The molecule has 0 bridgehead atoms. The second-order valence-electron chi connectivity index (χ2n) is 8.51. The lowest BCUT2D eigenvalue weighted by molar-refractivity contribution is 0.0996. The molecule has 0 aromatic heterocycles. The Labute approximate surface area is 131 Å². The molecule has 1 N–H and O–H groups in total. The van der Waals surface area contributed by atoms with Crippen molar-refractivity contribution in [1.82, 2.24) is 10.2 Å². The molecule has 21 heavy (non-hydrogen) atoms. The SMILES string of the molecule is COCC1CCN(CC2(CNC(C)(C)C)CCCCC2)C1. The van der Waals surface area contributed by atoms with Crippen molar-refractivity contribution < 1.29 is 4.74 Å². The first-order valence-corrected chi connectivity index (χ1v) is 8.89. The largest absolute Gasteiger partial charge is 0.384 e. The van der Waals surface area contributed by atoms with Crippen LogP contribution in [0.15, 0.2) is 0 Å². The predicted octanol–water partition coefficient (Wildman–Crippen LogP) is 3.29. The van der Waals surface area contributed by atoms with Crippen LogP contribution in [0.2, 0.25) is 0 Å². The minimum Gasteiger partial charge on any atom is -0.384 e. The summed E-state index contributed by atoms with van der Waals surface area (Å²) in [7, 11) is 1.83. The van der Waals surface area contributed by atoms with E-state index >= 15 is 0 Å². The van der Waals surface area contributed by atoms with Crippen LogP contribution >= 0.6 is 0 Å². The summed E-state index contributed by atoms with van der Waals surface area (Å²) in [6, 6.07) is 0. The lowest BCUT2D eigenvalue weighted by Gasteiger charge is -2.42. The molecule has 2 aliphatic rings. The van der Waals surface area contributed by atoms with Gasteiger partial charge in [-0.1, -0.05) is 19.3 Å². The molecule has 2 rings (SSSR count). The molecule has 124 valence electrons. The van der Waals surface area contributed by atoms with Crippen molar-refractivity contribution in [2.24, 2.45) is 11.3 Å². The third-order valence-electron chi connectivity index (χ3n) is 5.24. The van der Waals surface area contributed by atoms with Crippen molar-refractivity contribution >= 4 is 0 Å². The van der Waals surface area contributed by atoms with Gasteiger partial charge in [-0.15, -0.1) is 0 Å². The van der Waals surface area contributed by atoms with E-state index in [9.17, 15) is 0 Å². The fourth-order valence-electron chi connectivity index (χ4n) is 4.05. The third kappa shape index (κ3) is 5.54. The molecule has 0 radical (unpaired) electrons. The van der Waals surface area contributed by atoms with Gasteiger partial charge in [0, 0.05) is 32.3 Å². The van der Waals surface area contributed by atoms with Crippen molar-refractivity contribution in [2.75, 3.05) is 39.9 Å². The average molecular weight is 296 g/mol. The highest BCUT2D eigenvalue weighted by atomic mass is 16.5. The maximum atomic E-state index is 5.34. The number of nitrogens with one attached hydrogen (secondary N) is 1. The molecular formula is C18H36N2O. The van der Waals surface area contributed by atoms with Crippen LogP contribution in [0.3, 0.4) is 0 Å². The zero-order valence-electron chi connectivity index (χ0n) is 14.7. The molecule has 1 atom stereocenters. The zero-order chi connectivity index (χ0) is 15.3. The van der Waals surface area contributed by atoms with E-state index < -0.39 is 0 Å². The van der Waals surface area contributed by atoms with Gasteiger partial charge in [-0.05, 0) is 57.9 Å². The highest BCUT2D eigenvalue weighted by Gasteiger charge is 2.36.